The lowest BCUT2D eigenvalue weighted by atomic mass is 10.0. The van der Waals surface area contributed by atoms with Crippen LogP contribution in [0.3, 0.4) is 0 Å². The molecule has 0 heterocycles. The number of amides is 1. The van der Waals surface area contributed by atoms with Gasteiger partial charge in [0.1, 0.15) is 6.04 Å². The highest BCUT2D eigenvalue weighted by molar-refractivity contribution is 5.98. The lowest BCUT2D eigenvalue weighted by Crippen LogP contribution is -2.43. The summed E-state index contributed by atoms with van der Waals surface area (Å²) in [7, 11) is 0. The molecule has 1 atom stereocenters. The van der Waals surface area contributed by atoms with Crippen molar-refractivity contribution in [2.45, 2.75) is 39.2 Å². The van der Waals surface area contributed by atoms with Gasteiger partial charge in [-0.3, -0.25) is 4.79 Å². The number of carbonyl (C=O) groups is 2. The van der Waals surface area contributed by atoms with Crippen LogP contribution in [-0.4, -0.2) is 34.5 Å². The Hall–Kier alpha value is -1.84. The number of nitrogens with zero attached hydrogens (tertiary/aromatic N) is 1. The predicted molar refractivity (Wildman–Crippen MR) is 72.3 cm³/mol. The van der Waals surface area contributed by atoms with Crippen LogP contribution in [0.1, 0.15) is 41.8 Å². The van der Waals surface area contributed by atoms with E-state index in [0.717, 1.165) is 24.8 Å². The van der Waals surface area contributed by atoms with E-state index in [1.807, 2.05) is 12.1 Å². The number of carboxylic acids is 1. The zero-order valence-corrected chi connectivity index (χ0v) is 11.3. The second-order valence-corrected chi connectivity index (χ2v) is 4.90. The molecule has 1 aliphatic carbocycles. The summed E-state index contributed by atoms with van der Waals surface area (Å²) in [6, 6.07) is 4.95. The second-order valence-electron chi connectivity index (χ2n) is 4.90. The highest BCUT2D eigenvalue weighted by atomic mass is 16.4. The van der Waals surface area contributed by atoms with Crippen LogP contribution in [0, 0.1) is 0 Å². The molecule has 0 aliphatic heterocycles. The number of likely N-dealkylation sites (N-methyl/N-ethyl adjacent to an activating group) is 1. The number of aryl methyl sites for hydroxylation is 1. The normalized spacial score (nSPS) is 14.8. The maximum atomic E-state index is 12.5. The van der Waals surface area contributed by atoms with Crippen LogP contribution < -0.4 is 0 Å². The van der Waals surface area contributed by atoms with E-state index in [1.54, 1.807) is 13.8 Å². The quantitative estimate of drug-likeness (QED) is 0.903. The molecule has 2 rings (SSSR count). The van der Waals surface area contributed by atoms with Crippen LogP contribution in [-0.2, 0) is 17.6 Å². The van der Waals surface area contributed by atoms with E-state index in [-0.39, 0.29) is 5.91 Å². The van der Waals surface area contributed by atoms with Gasteiger partial charge in [-0.25, -0.2) is 4.79 Å². The number of rotatable bonds is 4. The van der Waals surface area contributed by atoms with Crippen LogP contribution in [0.25, 0.3) is 0 Å². The van der Waals surface area contributed by atoms with Gasteiger partial charge in [-0.1, -0.05) is 12.1 Å². The standard InChI is InChI=1S/C15H19NO3/c1-3-16(10(2)15(18)19)14(17)13-9-5-7-11-6-4-8-12(11)13/h5,7,9-10H,3-4,6,8H2,1-2H3,(H,18,19). The fourth-order valence-electron chi connectivity index (χ4n) is 2.70. The molecule has 19 heavy (non-hydrogen) atoms. The zero-order valence-electron chi connectivity index (χ0n) is 11.3. The molecule has 0 saturated heterocycles. The molecule has 1 aliphatic rings. The Labute approximate surface area is 113 Å². The van der Waals surface area contributed by atoms with E-state index in [2.05, 4.69) is 6.07 Å². The Morgan fingerprint density at radius 3 is 2.74 bits per heavy atom. The summed E-state index contributed by atoms with van der Waals surface area (Å²) in [6.07, 6.45) is 2.99. The van der Waals surface area contributed by atoms with Crippen molar-refractivity contribution >= 4 is 11.9 Å². The Balaban J connectivity index is 2.33. The summed E-state index contributed by atoms with van der Waals surface area (Å²) in [5, 5.41) is 9.08. The number of hydrogen-bond donors (Lipinski definition) is 1. The van der Waals surface area contributed by atoms with Crippen LogP contribution in [0.4, 0.5) is 0 Å². The molecular weight excluding hydrogens is 242 g/mol. The number of aliphatic carboxylic acids is 1. The van der Waals surface area contributed by atoms with Gasteiger partial charge in [0.15, 0.2) is 0 Å². The zero-order chi connectivity index (χ0) is 14.0. The Kier molecular flexibility index (Phi) is 3.88. The second kappa shape index (κ2) is 5.43. The van der Waals surface area contributed by atoms with Gasteiger partial charge < -0.3 is 10.0 Å². The van der Waals surface area contributed by atoms with E-state index in [4.69, 9.17) is 5.11 Å². The van der Waals surface area contributed by atoms with E-state index in [0.29, 0.717) is 12.1 Å². The van der Waals surface area contributed by atoms with Crippen molar-refractivity contribution in [2.24, 2.45) is 0 Å². The monoisotopic (exact) mass is 261 g/mol. The van der Waals surface area contributed by atoms with Gasteiger partial charge in [-0.2, -0.15) is 0 Å². The summed E-state index contributed by atoms with van der Waals surface area (Å²) in [6.45, 7) is 3.75. The Bertz CT molecular complexity index is 510. The van der Waals surface area contributed by atoms with Crippen molar-refractivity contribution in [1.29, 1.82) is 0 Å². The minimum atomic E-state index is -0.970. The largest absolute Gasteiger partial charge is 0.480 e. The topological polar surface area (TPSA) is 57.6 Å². The Morgan fingerprint density at radius 2 is 2.11 bits per heavy atom. The van der Waals surface area contributed by atoms with E-state index in [1.165, 1.54) is 10.5 Å². The average Bonchev–Trinajstić information content (AvgIpc) is 2.87. The summed E-state index contributed by atoms with van der Waals surface area (Å²) in [5.74, 6) is -1.14. The van der Waals surface area contributed by atoms with Gasteiger partial charge in [-0.05, 0) is 50.3 Å². The maximum absolute atomic E-state index is 12.5. The molecule has 0 bridgehead atoms. The molecule has 1 amide bonds. The SMILES string of the molecule is CCN(C(=O)c1cccc2c1CCC2)C(C)C(=O)O. The van der Waals surface area contributed by atoms with Gasteiger partial charge in [0.05, 0.1) is 0 Å². The number of hydrogen-bond acceptors (Lipinski definition) is 2. The van der Waals surface area contributed by atoms with Gasteiger partial charge >= 0.3 is 5.97 Å². The maximum Gasteiger partial charge on any atom is 0.326 e. The minimum Gasteiger partial charge on any atom is -0.480 e. The number of carboxylic acid groups (broad SMARTS) is 1. The van der Waals surface area contributed by atoms with Crippen LogP contribution in [0.5, 0.6) is 0 Å². The van der Waals surface area contributed by atoms with E-state index >= 15 is 0 Å². The molecule has 0 aromatic heterocycles. The summed E-state index contributed by atoms with van der Waals surface area (Å²) < 4.78 is 0. The average molecular weight is 261 g/mol. The van der Waals surface area contributed by atoms with Gasteiger partial charge in [0.2, 0.25) is 0 Å². The van der Waals surface area contributed by atoms with Crippen LogP contribution >= 0.6 is 0 Å². The first-order chi connectivity index (χ1) is 9.06. The summed E-state index contributed by atoms with van der Waals surface area (Å²) in [4.78, 5) is 25.0. The lowest BCUT2D eigenvalue weighted by Gasteiger charge is -2.26. The van der Waals surface area contributed by atoms with Crippen molar-refractivity contribution < 1.29 is 14.7 Å². The van der Waals surface area contributed by atoms with Gasteiger partial charge in [0.25, 0.3) is 5.91 Å². The molecule has 0 spiro atoms. The molecule has 4 nitrogen and oxygen atoms in total. The summed E-state index contributed by atoms with van der Waals surface area (Å²) >= 11 is 0. The van der Waals surface area contributed by atoms with Gasteiger partial charge in [0, 0.05) is 12.1 Å². The third-order valence-electron chi connectivity index (χ3n) is 3.80. The van der Waals surface area contributed by atoms with Crippen molar-refractivity contribution in [3.63, 3.8) is 0 Å². The van der Waals surface area contributed by atoms with Crippen molar-refractivity contribution in [3.8, 4) is 0 Å². The molecule has 1 unspecified atom stereocenters. The van der Waals surface area contributed by atoms with E-state index < -0.39 is 12.0 Å². The Morgan fingerprint density at radius 1 is 1.37 bits per heavy atom. The fraction of sp³-hybridized carbons (Fsp3) is 0.467. The molecule has 1 aromatic carbocycles. The highest BCUT2D eigenvalue weighted by Gasteiger charge is 2.27. The molecule has 1 aromatic rings. The fourth-order valence-corrected chi connectivity index (χ4v) is 2.70. The van der Waals surface area contributed by atoms with Crippen LogP contribution in [0.15, 0.2) is 18.2 Å². The lowest BCUT2D eigenvalue weighted by molar-refractivity contribution is -0.141. The smallest absolute Gasteiger partial charge is 0.326 e. The van der Waals surface area contributed by atoms with Crippen molar-refractivity contribution in [3.05, 3.63) is 34.9 Å². The molecule has 4 heteroatoms. The highest BCUT2D eigenvalue weighted by Crippen LogP contribution is 2.26. The van der Waals surface area contributed by atoms with Crippen LogP contribution in [0.2, 0.25) is 0 Å². The van der Waals surface area contributed by atoms with Gasteiger partial charge in [-0.15, -0.1) is 0 Å². The predicted octanol–water partition coefficient (Wildman–Crippen LogP) is 2.11. The molecule has 1 N–H and O–H groups in total. The van der Waals surface area contributed by atoms with E-state index in [9.17, 15) is 9.59 Å². The minimum absolute atomic E-state index is 0.170. The third kappa shape index (κ3) is 2.48. The molecule has 0 radical (unpaired) electrons. The molecule has 102 valence electrons. The van der Waals surface area contributed by atoms with Crippen molar-refractivity contribution in [1.82, 2.24) is 4.90 Å². The summed E-state index contributed by atoms with van der Waals surface area (Å²) in [5.41, 5.74) is 3.00. The molecule has 0 saturated carbocycles. The first-order valence-electron chi connectivity index (χ1n) is 6.70. The number of fused-ring (bicyclic) bond motifs is 1. The first kappa shape index (κ1) is 13.6. The number of benzene rings is 1. The number of carbonyl (C=O) groups excluding carboxylic acids is 1. The molecule has 0 fully saturated rings. The molecular formula is C15H19NO3. The third-order valence-corrected chi connectivity index (χ3v) is 3.80. The van der Waals surface area contributed by atoms with Crippen molar-refractivity contribution in [2.75, 3.05) is 6.54 Å². The first-order valence-corrected chi connectivity index (χ1v) is 6.70.